The summed E-state index contributed by atoms with van der Waals surface area (Å²) < 4.78 is 5.33. The molecule has 0 unspecified atom stereocenters. The molecule has 1 aliphatic rings. The van der Waals surface area contributed by atoms with Gasteiger partial charge >= 0.3 is 0 Å². The minimum absolute atomic E-state index is 0.00876. The topological polar surface area (TPSA) is 88.1 Å². The van der Waals surface area contributed by atoms with Crippen LogP contribution in [0, 0.1) is 5.41 Å². The van der Waals surface area contributed by atoms with E-state index in [2.05, 4.69) is 14.9 Å². The van der Waals surface area contributed by atoms with Gasteiger partial charge in [-0.05, 0) is 12.8 Å². The van der Waals surface area contributed by atoms with E-state index in [1.54, 1.807) is 13.3 Å². The molecule has 2 rings (SSSR count). The summed E-state index contributed by atoms with van der Waals surface area (Å²) in [6.07, 6.45) is 5.35. The summed E-state index contributed by atoms with van der Waals surface area (Å²) in [6.45, 7) is 1.74. The molecule has 17 heavy (non-hydrogen) atoms. The van der Waals surface area contributed by atoms with Crippen LogP contribution in [0.1, 0.15) is 18.4 Å². The van der Waals surface area contributed by atoms with Crippen LogP contribution in [-0.4, -0.2) is 42.1 Å². The first-order chi connectivity index (χ1) is 8.22. The van der Waals surface area contributed by atoms with Crippen LogP contribution in [0.3, 0.4) is 0 Å². The van der Waals surface area contributed by atoms with E-state index in [0.717, 1.165) is 31.7 Å². The molecule has 1 aromatic rings. The molecule has 0 saturated carbocycles. The molecule has 3 N–H and O–H groups in total. The van der Waals surface area contributed by atoms with Gasteiger partial charge in [0.25, 0.3) is 0 Å². The van der Waals surface area contributed by atoms with Gasteiger partial charge in [0.2, 0.25) is 0 Å². The van der Waals surface area contributed by atoms with E-state index in [9.17, 15) is 0 Å². The van der Waals surface area contributed by atoms with E-state index >= 15 is 0 Å². The lowest BCUT2D eigenvalue weighted by atomic mass is 10.1. The third kappa shape index (κ3) is 2.52. The van der Waals surface area contributed by atoms with Gasteiger partial charge in [-0.2, -0.15) is 0 Å². The molecule has 92 valence electrons. The molecule has 1 aromatic heterocycles. The van der Waals surface area contributed by atoms with Crippen LogP contribution < -0.4 is 10.6 Å². The molecule has 0 bridgehead atoms. The van der Waals surface area contributed by atoms with E-state index in [1.165, 1.54) is 6.33 Å². The van der Waals surface area contributed by atoms with Crippen molar-refractivity contribution < 1.29 is 4.74 Å². The van der Waals surface area contributed by atoms with Crippen molar-refractivity contribution >= 4 is 11.7 Å². The van der Waals surface area contributed by atoms with Crippen molar-refractivity contribution in [3.63, 3.8) is 0 Å². The lowest BCUT2D eigenvalue weighted by Crippen LogP contribution is -2.38. The van der Waals surface area contributed by atoms with Crippen LogP contribution in [0.5, 0.6) is 0 Å². The molecule has 0 aromatic carbocycles. The SMILES string of the molecule is COC1CCN(c2ncncc2C(=N)N)CC1. The highest BCUT2D eigenvalue weighted by molar-refractivity contribution is 5.99. The first-order valence-corrected chi connectivity index (χ1v) is 5.64. The molecule has 2 heterocycles. The Bertz CT molecular complexity index is 401. The predicted molar refractivity (Wildman–Crippen MR) is 65.3 cm³/mol. The first-order valence-electron chi connectivity index (χ1n) is 5.64. The maximum atomic E-state index is 7.52. The Balaban J connectivity index is 2.15. The average Bonchev–Trinajstić information content (AvgIpc) is 2.39. The van der Waals surface area contributed by atoms with Gasteiger partial charge < -0.3 is 15.4 Å². The molecule has 0 amide bonds. The van der Waals surface area contributed by atoms with Gasteiger partial charge in [-0.15, -0.1) is 0 Å². The Morgan fingerprint density at radius 3 is 2.82 bits per heavy atom. The third-order valence-electron chi connectivity index (χ3n) is 3.06. The molecule has 1 fully saturated rings. The summed E-state index contributed by atoms with van der Waals surface area (Å²) in [6, 6.07) is 0. The molecule has 1 aliphatic heterocycles. The molecule has 6 heteroatoms. The summed E-state index contributed by atoms with van der Waals surface area (Å²) in [4.78, 5) is 10.3. The fourth-order valence-electron chi connectivity index (χ4n) is 2.07. The first kappa shape index (κ1) is 11.8. The second-order valence-electron chi connectivity index (χ2n) is 4.10. The highest BCUT2D eigenvalue weighted by Crippen LogP contribution is 2.21. The van der Waals surface area contributed by atoms with Crippen LogP contribution in [0.25, 0.3) is 0 Å². The highest BCUT2D eigenvalue weighted by atomic mass is 16.5. The average molecular weight is 235 g/mol. The Labute approximate surface area is 100 Å². The van der Waals surface area contributed by atoms with Crippen LogP contribution in [-0.2, 0) is 4.74 Å². The fraction of sp³-hybridized carbons (Fsp3) is 0.545. The number of rotatable bonds is 3. The second-order valence-corrected chi connectivity index (χ2v) is 4.10. The smallest absolute Gasteiger partial charge is 0.142 e. The predicted octanol–water partition coefficient (Wildman–Crippen LogP) is 0.376. The van der Waals surface area contributed by atoms with Crippen LogP contribution >= 0.6 is 0 Å². The van der Waals surface area contributed by atoms with Crippen molar-refractivity contribution in [1.82, 2.24) is 9.97 Å². The zero-order valence-electron chi connectivity index (χ0n) is 9.89. The van der Waals surface area contributed by atoms with Gasteiger partial charge in [-0.25, -0.2) is 9.97 Å². The number of ether oxygens (including phenoxy) is 1. The largest absolute Gasteiger partial charge is 0.384 e. The number of hydrogen-bond donors (Lipinski definition) is 2. The summed E-state index contributed by atoms with van der Waals surface area (Å²) in [5.74, 6) is 0.761. The minimum Gasteiger partial charge on any atom is -0.384 e. The quantitative estimate of drug-likeness (QED) is 0.584. The Morgan fingerprint density at radius 1 is 1.53 bits per heavy atom. The summed E-state index contributed by atoms with van der Waals surface area (Å²) in [5, 5.41) is 7.52. The Kier molecular flexibility index (Phi) is 3.53. The summed E-state index contributed by atoms with van der Waals surface area (Å²) in [7, 11) is 1.74. The number of anilines is 1. The Hall–Kier alpha value is -1.69. The number of hydrogen-bond acceptors (Lipinski definition) is 5. The maximum absolute atomic E-state index is 7.52. The van der Waals surface area contributed by atoms with Crippen molar-refractivity contribution in [3.8, 4) is 0 Å². The highest BCUT2D eigenvalue weighted by Gasteiger charge is 2.22. The Morgan fingerprint density at radius 2 is 2.24 bits per heavy atom. The van der Waals surface area contributed by atoms with E-state index in [0.29, 0.717) is 11.7 Å². The number of nitrogens with one attached hydrogen (secondary N) is 1. The maximum Gasteiger partial charge on any atom is 0.142 e. The number of amidine groups is 1. The van der Waals surface area contributed by atoms with Crippen LogP contribution in [0.15, 0.2) is 12.5 Å². The molecule has 0 aliphatic carbocycles. The number of aromatic nitrogens is 2. The summed E-state index contributed by atoms with van der Waals surface area (Å²) >= 11 is 0. The molecule has 6 nitrogen and oxygen atoms in total. The molecule has 1 saturated heterocycles. The van der Waals surface area contributed by atoms with Gasteiger partial charge in [-0.1, -0.05) is 0 Å². The van der Waals surface area contributed by atoms with E-state index in [-0.39, 0.29) is 5.84 Å². The van der Waals surface area contributed by atoms with Crippen LogP contribution in [0.4, 0.5) is 5.82 Å². The zero-order chi connectivity index (χ0) is 12.3. The number of nitrogen functional groups attached to an aromatic ring is 1. The summed E-state index contributed by atoms with van der Waals surface area (Å²) in [5.41, 5.74) is 6.13. The number of piperidine rings is 1. The van der Waals surface area contributed by atoms with E-state index in [1.807, 2.05) is 0 Å². The molecule has 0 radical (unpaired) electrons. The number of nitrogens with two attached hydrogens (primary N) is 1. The number of nitrogens with zero attached hydrogens (tertiary/aromatic N) is 3. The molecule has 0 atom stereocenters. The van der Waals surface area contributed by atoms with Crippen LogP contribution in [0.2, 0.25) is 0 Å². The minimum atomic E-state index is 0.00876. The van der Waals surface area contributed by atoms with Gasteiger partial charge in [-0.3, -0.25) is 5.41 Å². The van der Waals surface area contributed by atoms with Crippen molar-refractivity contribution in [2.45, 2.75) is 18.9 Å². The third-order valence-corrected chi connectivity index (χ3v) is 3.06. The van der Waals surface area contributed by atoms with Gasteiger partial charge in [0.05, 0.1) is 11.7 Å². The molecular weight excluding hydrogens is 218 g/mol. The van der Waals surface area contributed by atoms with E-state index in [4.69, 9.17) is 15.9 Å². The van der Waals surface area contributed by atoms with E-state index < -0.39 is 0 Å². The normalized spacial score (nSPS) is 17.1. The van der Waals surface area contributed by atoms with Crippen molar-refractivity contribution in [2.24, 2.45) is 5.73 Å². The van der Waals surface area contributed by atoms with Gasteiger partial charge in [0.1, 0.15) is 18.0 Å². The second kappa shape index (κ2) is 5.09. The lowest BCUT2D eigenvalue weighted by Gasteiger charge is -2.32. The monoisotopic (exact) mass is 235 g/mol. The zero-order valence-corrected chi connectivity index (χ0v) is 9.89. The number of methoxy groups -OCH3 is 1. The van der Waals surface area contributed by atoms with Crippen molar-refractivity contribution in [2.75, 3.05) is 25.1 Å². The van der Waals surface area contributed by atoms with Gasteiger partial charge in [0.15, 0.2) is 0 Å². The molecular formula is C11H17N5O. The molecule has 0 spiro atoms. The fourth-order valence-corrected chi connectivity index (χ4v) is 2.07. The van der Waals surface area contributed by atoms with Crippen molar-refractivity contribution in [1.29, 1.82) is 5.41 Å². The standard InChI is InChI=1S/C11H17N5O/c1-17-8-2-4-16(5-3-8)11-9(10(12)13)6-14-7-15-11/h6-8H,2-5H2,1H3,(H3,12,13). The lowest BCUT2D eigenvalue weighted by molar-refractivity contribution is 0.0818. The van der Waals surface area contributed by atoms with Gasteiger partial charge in [0, 0.05) is 26.4 Å². The van der Waals surface area contributed by atoms with Crippen molar-refractivity contribution in [3.05, 3.63) is 18.1 Å².